The molecule has 3 aromatic rings. The molecule has 1 aromatic heterocycles. The van der Waals surface area contributed by atoms with Gasteiger partial charge in [-0.15, -0.1) is 0 Å². The van der Waals surface area contributed by atoms with Crippen LogP contribution in [0.5, 0.6) is 0 Å². The molecule has 4 rings (SSSR count). The number of benzene rings is 2. The number of aryl methyl sites for hydroxylation is 1. The Hall–Kier alpha value is -2.06. The molecular formula is C21H18INO3S. The summed E-state index contributed by atoms with van der Waals surface area (Å²) in [6.45, 7) is 1.94. The van der Waals surface area contributed by atoms with Crippen molar-refractivity contribution in [1.82, 2.24) is 4.31 Å². The van der Waals surface area contributed by atoms with Crippen molar-refractivity contribution in [2.24, 2.45) is 0 Å². The van der Waals surface area contributed by atoms with Gasteiger partial charge in [-0.1, -0.05) is 48.0 Å². The molecule has 0 bridgehead atoms. The Morgan fingerprint density at radius 1 is 1.00 bits per heavy atom. The molecule has 1 unspecified atom stereocenters. The molecule has 0 amide bonds. The Labute approximate surface area is 172 Å². The predicted octanol–water partition coefficient (Wildman–Crippen LogP) is 5.53. The molecule has 0 fully saturated rings. The summed E-state index contributed by atoms with van der Waals surface area (Å²) in [5.74, 6) is 0.644. The minimum atomic E-state index is -3.75. The minimum absolute atomic E-state index is 0.282. The first kappa shape index (κ1) is 18.3. The summed E-state index contributed by atoms with van der Waals surface area (Å²) < 4.78 is 35.4. The average Bonchev–Trinajstić information content (AvgIpc) is 3.30. The molecule has 27 heavy (non-hydrogen) atoms. The molecular weight excluding hydrogens is 473 g/mol. The van der Waals surface area contributed by atoms with Gasteiger partial charge < -0.3 is 4.42 Å². The van der Waals surface area contributed by atoms with Crippen LogP contribution in [-0.2, 0) is 10.0 Å². The van der Waals surface area contributed by atoms with Crippen molar-refractivity contribution < 1.29 is 12.8 Å². The number of halogens is 1. The van der Waals surface area contributed by atoms with Gasteiger partial charge in [0.05, 0.1) is 16.9 Å². The fraction of sp³-hybridized carbons (Fsp3) is 0.143. The first-order valence-electron chi connectivity index (χ1n) is 8.57. The van der Waals surface area contributed by atoms with Gasteiger partial charge in [0.25, 0.3) is 10.0 Å². The largest absolute Gasteiger partial charge is 0.467 e. The minimum Gasteiger partial charge on any atom is -0.467 e. The van der Waals surface area contributed by atoms with Crippen molar-refractivity contribution in [2.75, 3.05) is 0 Å². The van der Waals surface area contributed by atoms with Crippen LogP contribution < -0.4 is 0 Å². The number of furan rings is 1. The summed E-state index contributed by atoms with van der Waals surface area (Å²) in [6, 6.07) is 19.8. The van der Waals surface area contributed by atoms with Crippen LogP contribution in [0.25, 0.3) is 5.70 Å². The fourth-order valence-corrected chi connectivity index (χ4v) is 6.14. The zero-order valence-corrected chi connectivity index (χ0v) is 17.6. The first-order valence-corrected chi connectivity index (χ1v) is 11.1. The van der Waals surface area contributed by atoms with Gasteiger partial charge in [-0.05, 0) is 59.3 Å². The number of rotatable bonds is 4. The Morgan fingerprint density at radius 2 is 1.70 bits per heavy atom. The van der Waals surface area contributed by atoms with Crippen LogP contribution in [0.1, 0.15) is 29.3 Å². The second-order valence-corrected chi connectivity index (χ2v) is 9.59. The lowest BCUT2D eigenvalue weighted by molar-refractivity contribution is 0.370. The van der Waals surface area contributed by atoms with Crippen LogP contribution >= 0.6 is 22.6 Å². The molecule has 0 saturated heterocycles. The molecule has 0 aliphatic carbocycles. The highest BCUT2D eigenvalue weighted by atomic mass is 127. The van der Waals surface area contributed by atoms with E-state index in [2.05, 4.69) is 22.6 Å². The fourth-order valence-electron chi connectivity index (χ4n) is 3.31. The number of hydrogen-bond acceptors (Lipinski definition) is 3. The van der Waals surface area contributed by atoms with E-state index in [0.29, 0.717) is 12.2 Å². The lowest BCUT2D eigenvalue weighted by atomic mass is 10.1. The molecule has 2 aromatic carbocycles. The zero-order chi connectivity index (χ0) is 19.0. The summed E-state index contributed by atoms with van der Waals surface area (Å²) in [5.41, 5.74) is 2.62. The SMILES string of the molecule is Cc1ccc(S(=O)(=O)N2C(c3ccccc3)=C(I)CC2c2ccco2)cc1. The zero-order valence-electron chi connectivity index (χ0n) is 14.7. The molecule has 0 saturated carbocycles. The average molecular weight is 491 g/mol. The van der Waals surface area contributed by atoms with Crippen molar-refractivity contribution in [3.63, 3.8) is 0 Å². The Bertz CT molecular complexity index is 1070. The lowest BCUT2D eigenvalue weighted by Crippen LogP contribution is -2.30. The monoisotopic (exact) mass is 491 g/mol. The molecule has 138 valence electrons. The quantitative estimate of drug-likeness (QED) is 0.452. The van der Waals surface area contributed by atoms with Crippen molar-refractivity contribution in [3.8, 4) is 0 Å². The molecule has 4 nitrogen and oxygen atoms in total. The van der Waals surface area contributed by atoms with Crippen molar-refractivity contribution in [1.29, 1.82) is 0 Å². The van der Waals surface area contributed by atoms with Gasteiger partial charge in [0.1, 0.15) is 11.8 Å². The van der Waals surface area contributed by atoms with E-state index in [9.17, 15) is 8.42 Å². The third kappa shape index (κ3) is 3.32. The Morgan fingerprint density at radius 3 is 2.33 bits per heavy atom. The van der Waals surface area contributed by atoms with Crippen molar-refractivity contribution in [3.05, 3.63) is 93.5 Å². The van der Waals surface area contributed by atoms with Gasteiger partial charge >= 0.3 is 0 Å². The molecule has 1 aliphatic rings. The standard InChI is InChI=1S/C21H18INO3S/c1-15-9-11-17(12-10-15)27(24,25)23-19(20-8-5-13-26-20)14-18(22)21(23)16-6-3-2-4-7-16/h2-13,19H,14H2,1H3. The third-order valence-electron chi connectivity index (χ3n) is 4.63. The summed E-state index contributed by atoms with van der Waals surface area (Å²) in [4.78, 5) is 0.282. The first-order chi connectivity index (χ1) is 13.0. The van der Waals surface area contributed by atoms with E-state index < -0.39 is 16.1 Å². The summed E-state index contributed by atoms with van der Waals surface area (Å²) in [7, 11) is -3.75. The van der Waals surface area contributed by atoms with Crippen LogP contribution in [0.3, 0.4) is 0 Å². The number of hydrogen-bond donors (Lipinski definition) is 0. The Balaban J connectivity index is 1.89. The van der Waals surface area contributed by atoms with E-state index in [-0.39, 0.29) is 4.90 Å². The highest BCUT2D eigenvalue weighted by Gasteiger charge is 2.42. The second kappa shape index (κ2) is 7.16. The number of sulfonamides is 1. The van der Waals surface area contributed by atoms with E-state index in [4.69, 9.17) is 4.42 Å². The number of nitrogens with zero attached hydrogens (tertiary/aromatic N) is 1. The smallest absolute Gasteiger partial charge is 0.265 e. The van der Waals surface area contributed by atoms with Crippen LogP contribution in [-0.4, -0.2) is 12.7 Å². The summed E-state index contributed by atoms with van der Waals surface area (Å²) in [6.07, 6.45) is 2.17. The van der Waals surface area contributed by atoms with Crippen LogP contribution in [0, 0.1) is 6.92 Å². The van der Waals surface area contributed by atoms with Gasteiger partial charge in [0, 0.05) is 10.0 Å². The van der Waals surface area contributed by atoms with Gasteiger partial charge in [-0.3, -0.25) is 4.31 Å². The van der Waals surface area contributed by atoms with Crippen molar-refractivity contribution in [2.45, 2.75) is 24.3 Å². The van der Waals surface area contributed by atoms with Gasteiger partial charge in [0.2, 0.25) is 0 Å². The van der Waals surface area contributed by atoms with E-state index in [1.165, 1.54) is 4.31 Å². The Kier molecular flexibility index (Phi) is 4.86. The third-order valence-corrected chi connectivity index (χ3v) is 7.40. The van der Waals surface area contributed by atoms with E-state index >= 15 is 0 Å². The maximum Gasteiger partial charge on any atom is 0.265 e. The molecule has 0 N–H and O–H groups in total. The topological polar surface area (TPSA) is 50.5 Å². The van der Waals surface area contributed by atoms with E-state index in [1.807, 2.05) is 55.5 Å². The lowest BCUT2D eigenvalue weighted by Gasteiger charge is -2.28. The summed E-state index contributed by atoms with van der Waals surface area (Å²) in [5, 5.41) is 0. The molecule has 1 atom stereocenters. The van der Waals surface area contributed by atoms with Gasteiger partial charge in [-0.25, -0.2) is 8.42 Å². The van der Waals surface area contributed by atoms with Gasteiger partial charge in [0.15, 0.2) is 0 Å². The van der Waals surface area contributed by atoms with Crippen LogP contribution in [0.4, 0.5) is 0 Å². The summed E-state index contributed by atoms with van der Waals surface area (Å²) >= 11 is 2.25. The highest BCUT2D eigenvalue weighted by Crippen LogP contribution is 2.49. The van der Waals surface area contributed by atoms with Crippen molar-refractivity contribution >= 4 is 38.3 Å². The van der Waals surface area contributed by atoms with Gasteiger partial charge in [-0.2, -0.15) is 0 Å². The molecule has 2 heterocycles. The highest BCUT2D eigenvalue weighted by molar-refractivity contribution is 14.1. The van der Waals surface area contributed by atoms with Crippen LogP contribution in [0.15, 0.2) is 85.9 Å². The molecule has 0 radical (unpaired) electrons. The normalized spacial score (nSPS) is 17.6. The van der Waals surface area contributed by atoms with E-state index in [1.54, 1.807) is 24.5 Å². The van der Waals surface area contributed by atoms with Crippen LogP contribution in [0.2, 0.25) is 0 Å². The second-order valence-electron chi connectivity index (χ2n) is 6.47. The molecule has 1 aliphatic heterocycles. The predicted molar refractivity (Wildman–Crippen MR) is 114 cm³/mol. The maximum atomic E-state index is 13.6. The molecule has 6 heteroatoms. The maximum absolute atomic E-state index is 13.6. The molecule has 0 spiro atoms. The van der Waals surface area contributed by atoms with E-state index in [0.717, 1.165) is 20.4 Å².